The minimum atomic E-state index is 0.116. The van der Waals surface area contributed by atoms with Gasteiger partial charge in [-0.05, 0) is 13.3 Å². The Morgan fingerprint density at radius 2 is 2.50 bits per heavy atom. The van der Waals surface area contributed by atoms with Gasteiger partial charge in [0, 0.05) is 19.8 Å². The highest BCUT2D eigenvalue weighted by Crippen LogP contribution is 2.07. The zero-order valence-corrected chi connectivity index (χ0v) is 7.53. The second kappa shape index (κ2) is 5.48. The Labute approximate surface area is 73.0 Å². The van der Waals surface area contributed by atoms with Crippen molar-refractivity contribution in [3.63, 3.8) is 0 Å². The third-order valence-corrected chi connectivity index (χ3v) is 2.00. The average Bonchev–Trinajstić information content (AvgIpc) is 2.09. The Bertz CT molecular complexity index is 121. The lowest BCUT2D eigenvalue weighted by atomic mass is 10.2. The highest BCUT2D eigenvalue weighted by molar-refractivity contribution is 4.68. The van der Waals surface area contributed by atoms with Crippen LogP contribution in [-0.2, 0) is 9.47 Å². The molecule has 1 aliphatic heterocycles. The zero-order valence-electron chi connectivity index (χ0n) is 7.53. The highest BCUT2D eigenvalue weighted by atomic mass is 16.5. The van der Waals surface area contributed by atoms with Gasteiger partial charge in [-0.25, -0.2) is 0 Å². The second-order valence-corrected chi connectivity index (χ2v) is 2.88. The van der Waals surface area contributed by atoms with Gasteiger partial charge in [0.05, 0.1) is 19.3 Å². The molecule has 0 radical (unpaired) electrons. The van der Waals surface area contributed by atoms with Gasteiger partial charge < -0.3 is 14.7 Å². The van der Waals surface area contributed by atoms with Crippen molar-refractivity contribution < 1.29 is 14.7 Å². The summed E-state index contributed by atoms with van der Waals surface area (Å²) in [6.07, 6.45) is 0.838. The number of ether oxygens (including phenoxy) is 2. The van der Waals surface area contributed by atoms with E-state index in [1.807, 2.05) is 6.92 Å². The fraction of sp³-hybridized carbons (Fsp3) is 1.00. The molecule has 4 nitrogen and oxygen atoms in total. The Balaban J connectivity index is 2.11. The van der Waals surface area contributed by atoms with Gasteiger partial charge in [0.1, 0.15) is 0 Å². The summed E-state index contributed by atoms with van der Waals surface area (Å²) in [6, 6.07) is 0.116. The van der Waals surface area contributed by atoms with Crippen LogP contribution in [0.2, 0.25) is 0 Å². The fourth-order valence-electron chi connectivity index (χ4n) is 1.24. The van der Waals surface area contributed by atoms with Crippen LogP contribution < -0.4 is 0 Å². The van der Waals surface area contributed by atoms with E-state index in [0.29, 0.717) is 26.4 Å². The summed E-state index contributed by atoms with van der Waals surface area (Å²) < 4.78 is 10.4. The molecular weight excluding hydrogens is 158 g/mol. The number of morpholine rings is 1. The van der Waals surface area contributed by atoms with Crippen molar-refractivity contribution in [1.29, 1.82) is 0 Å². The monoisotopic (exact) mass is 175 g/mol. The largest absolute Gasteiger partial charge is 0.382 e. The normalized spacial score (nSPS) is 26.0. The predicted octanol–water partition coefficient (Wildman–Crippen LogP) is 0.503. The molecule has 0 aromatic heterocycles. The molecule has 0 aliphatic carbocycles. The third-order valence-electron chi connectivity index (χ3n) is 2.00. The van der Waals surface area contributed by atoms with Crippen molar-refractivity contribution in [2.75, 3.05) is 33.0 Å². The van der Waals surface area contributed by atoms with E-state index in [4.69, 9.17) is 9.47 Å². The molecule has 1 rings (SSSR count). The van der Waals surface area contributed by atoms with Gasteiger partial charge >= 0.3 is 0 Å². The summed E-state index contributed by atoms with van der Waals surface area (Å²) in [5.74, 6) is 0. The highest BCUT2D eigenvalue weighted by Gasteiger charge is 2.20. The molecule has 1 saturated heterocycles. The van der Waals surface area contributed by atoms with E-state index < -0.39 is 0 Å². The van der Waals surface area contributed by atoms with Crippen molar-refractivity contribution >= 4 is 0 Å². The Hall–Kier alpha value is -0.160. The van der Waals surface area contributed by atoms with Gasteiger partial charge in [0.2, 0.25) is 0 Å². The number of nitrogens with zero attached hydrogens (tertiary/aromatic N) is 1. The van der Waals surface area contributed by atoms with Gasteiger partial charge in [-0.1, -0.05) is 0 Å². The summed E-state index contributed by atoms with van der Waals surface area (Å²) in [7, 11) is 0. The molecule has 1 aliphatic rings. The predicted molar refractivity (Wildman–Crippen MR) is 44.2 cm³/mol. The Morgan fingerprint density at radius 1 is 1.67 bits per heavy atom. The molecular formula is C8H17NO3. The summed E-state index contributed by atoms with van der Waals surface area (Å²) in [6.45, 7) is 5.25. The molecule has 4 heteroatoms. The van der Waals surface area contributed by atoms with Crippen LogP contribution in [0.25, 0.3) is 0 Å². The maximum absolute atomic E-state index is 9.37. The fourth-order valence-corrected chi connectivity index (χ4v) is 1.24. The van der Waals surface area contributed by atoms with Crippen LogP contribution in [0.4, 0.5) is 0 Å². The molecule has 0 spiro atoms. The standard InChI is InChI=1S/C8H17NO3/c1-2-11-5-3-8-7-12-6-4-9(8)10/h8,10H,2-7H2,1H3. The van der Waals surface area contributed by atoms with Crippen LogP contribution in [0.15, 0.2) is 0 Å². The number of hydroxylamine groups is 2. The molecule has 72 valence electrons. The molecule has 0 saturated carbocycles. The maximum atomic E-state index is 9.37. The van der Waals surface area contributed by atoms with Crippen molar-refractivity contribution in [3.05, 3.63) is 0 Å². The maximum Gasteiger partial charge on any atom is 0.0646 e. The van der Waals surface area contributed by atoms with E-state index in [1.165, 1.54) is 5.06 Å². The quantitative estimate of drug-likeness (QED) is 0.632. The lowest BCUT2D eigenvalue weighted by Gasteiger charge is -2.30. The van der Waals surface area contributed by atoms with Gasteiger partial charge in [-0.15, -0.1) is 0 Å². The first-order chi connectivity index (χ1) is 5.84. The zero-order chi connectivity index (χ0) is 8.81. The molecule has 1 N–H and O–H groups in total. The van der Waals surface area contributed by atoms with Crippen molar-refractivity contribution in [2.24, 2.45) is 0 Å². The van der Waals surface area contributed by atoms with Crippen LogP contribution in [0.5, 0.6) is 0 Å². The van der Waals surface area contributed by atoms with E-state index in [9.17, 15) is 5.21 Å². The lowest BCUT2D eigenvalue weighted by molar-refractivity contribution is -0.185. The summed E-state index contributed by atoms with van der Waals surface area (Å²) in [5.41, 5.74) is 0. The van der Waals surface area contributed by atoms with Gasteiger partial charge in [-0.2, -0.15) is 5.06 Å². The lowest BCUT2D eigenvalue weighted by Crippen LogP contribution is -2.43. The van der Waals surface area contributed by atoms with Crippen molar-refractivity contribution in [1.82, 2.24) is 5.06 Å². The number of hydrogen-bond acceptors (Lipinski definition) is 4. The molecule has 1 heterocycles. The number of rotatable bonds is 4. The molecule has 0 aromatic carbocycles. The minimum absolute atomic E-state index is 0.116. The van der Waals surface area contributed by atoms with Crippen molar-refractivity contribution in [3.8, 4) is 0 Å². The Kier molecular flexibility index (Phi) is 4.53. The van der Waals surface area contributed by atoms with Crippen LogP contribution in [-0.4, -0.2) is 49.3 Å². The second-order valence-electron chi connectivity index (χ2n) is 2.88. The molecule has 0 aromatic rings. The number of hydrogen-bond donors (Lipinski definition) is 1. The SMILES string of the molecule is CCOCCC1COCCN1O. The van der Waals surface area contributed by atoms with Crippen molar-refractivity contribution in [2.45, 2.75) is 19.4 Å². The van der Waals surface area contributed by atoms with E-state index in [-0.39, 0.29) is 6.04 Å². The summed E-state index contributed by atoms with van der Waals surface area (Å²) in [5, 5.41) is 10.7. The molecule has 1 unspecified atom stereocenters. The van der Waals surface area contributed by atoms with E-state index in [0.717, 1.165) is 13.0 Å². The summed E-state index contributed by atoms with van der Waals surface area (Å²) >= 11 is 0. The molecule has 0 amide bonds. The van der Waals surface area contributed by atoms with Gasteiger partial charge in [-0.3, -0.25) is 0 Å². The average molecular weight is 175 g/mol. The van der Waals surface area contributed by atoms with Gasteiger partial charge in [0.15, 0.2) is 0 Å². The van der Waals surface area contributed by atoms with Crippen LogP contribution in [0, 0.1) is 0 Å². The van der Waals surface area contributed by atoms with Crippen LogP contribution in [0.1, 0.15) is 13.3 Å². The molecule has 12 heavy (non-hydrogen) atoms. The Morgan fingerprint density at radius 3 is 3.17 bits per heavy atom. The molecule has 1 fully saturated rings. The van der Waals surface area contributed by atoms with Crippen LogP contribution >= 0.6 is 0 Å². The van der Waals surface area contributed by atoms with Crippen LogP contribution in [0.3, 0.4) is 0 Å². The third kappa shape index (κ3) is 3.06. The first kappa shape index (κ1) is 9.92. The first-order valence-electron chi connectivity index (χ1n) is 4.45. The van der Waals surface area contributed by atoms with E-state index in [1.54, 1.807) is 0 Å². The smallest absolute Gasteiger partial charge is 0.0646 e. The van der Waals surface area contributed by atoms with Gasteiger partial charge in [0.25, 0.3) is 0 Å². The van der Waals surface area contributed by atoms with E-state index in [2.05, 4.69) is 0 Å². The molecule has 0 bridgehead atoms. The summed E-state index contributed by atoms with van der Waals surface area (Å²) in [4.78, 5) is 0. The molecule has 1 atom stereocenters. The minimum Gasteiger partial charge on any atom is -0.382 e. The first-order valence-corrected chi connectivity index (χ1v) is 4.45. The van der Waals surface area contributed by atoms with E-state index >= 15 is 0 Å². The topological polar surface area (TPSA) is 41.9 Å².